The average Bonchev–Trinajstić information content (AvgIpc) is 1.25. The molecule has 0 aromatic rings. The Bertz CT molecular complexity index is 68.8. The van der Waals surface area contributed by atoms with Crippen LogP contribution in [0, 0.1) is 0 Å². The largest absolute Gasteiger partial charge is 0.412 e. The van der Waals surface area contributed by atoms with E-state index in [0.717, 1.165) is 0 Å². The van der Waals surface area contributed by atoms with Crippen LogP contribution in [-0.4, -0.2) is 20.0 Å². The van der Waals surface area contributed by atoms with E-state index in [2.05, 4.69) is 0 Å². The molecule has 0 spiro atoms. The number of hydrogen-bond donors (Lipinski definition) is 1. The molecule has 0 saturated carbocycles. The molecule has 0 aromatic heterocycles. The van der Waals surface area contributed by atoms with Crippen LogP contribution in [0.5, 0.6) is 0 Å². The van der Waals surface area contributed by atoms with Crippen LogP contribution >= 0.6 is 34.8 Å². The van der Waals surface area contributed by atoms with Crippen molar-refractivity contribution >= 4 is 34.8 Å². The van der Waals surface area contributed by atoms with Crippen LogP contribution in [0.25, 0.3) is 0 Å². The van der Waals surface area contributed by atoms with Gasteiger partial charge in [0.15, 0.2) is 0 Å². The fourth-order valence-corrected chi connectivity index (χ4v) is 0. The first-order chi connectivity index (χ1) is 3.25. The highest BCUT2D eigenvalue weighted by atomic mass is 35.6. The van der Waals surface area contributed by atoms with Crippen molar-refractivity contribution in [2.24, 2.45) is 0 Å². The van der Waals surface area contributed by atoms with Gasteiger partial charge in [0.05, 0.1) is 0 Å². The lowest BCUT2D eigenvalue weighted by atomic mass is 10.2. The number of halogens is 3. The average molecular weight is 195 g/mol. The number of alkyl halides is 3. The van der Waals surface area contributed by atoms with Gasteiger partial charge in [-0.05, 0) is 13.8 Å². The van der Waals surface area contributed by atoms with Crippen molar-refractivity contribution in [3.8, 4) is 0 Å². The molecule has 9 heavy (non-hydrogen) atoms. The second-order valence-electron chi connectivity index (χ2n) is 2.06. The first-order valence-electron chi connectivity index (χ1n) is 2.04. The maximum Gasteiger partial charge on any atom is 0.218 e. The summed E-state index contributed by atoms with van der Waals surface area (Å²) in [5, 5.41) is 8.96. The maximum atomic E-state index is 8.96. The molecule has 5 heteroatoms. The predicted molar refractivity (Wildman–Crippen MR) is 40.2 cm³/mol. The van der Waals surface area contributed by atoms with E-state index >= 15 is 0 Å². The van der Waals surface area contributed by atoms with E-state index in [-0.39, 0.29) is 5.48 Å². The van der Waals surface area contributed by atoms with Crippen LogP contribution in [-0.2, 0) is 0 Å². The van der Waals surface area contributed by atoms with Gasteiger partial charge in [0, 0.05) is 0 Å². The lowest BCUT2D eigenvalue weighted by molar-refractivity contribution is 0.0847. The van der Waals surface area contributed by atoms with Gasteiger partial charge in [-0.25, -0.2) is 0 Å². The fourth-order valence-electron chi connectivity index (χ4n) is 0. The molecular weight excluding hydrogens is 186 g/mol. The molecule has 0 saturated heterocycles. The molecule has 58 valence electrons. The smallest absolute Gasteiger partial charge is 0.218 e. The van der Waals surface area contributed by atoms with Crippen LogP contribution in [0.15, 0.2) is 0 Å². The second-order valence-corrected chi connectivity index (χ2v) is 4.34. The van der Waals surface area contributed by atoms with Gasteiger partial charge < -0.3 is 10.6 Å². The maximum absolute atomic E-state index is 8.96. The van der Waals surface area contributed by atoms with E-state index in [1.807, 2.05) is 0 Å². The van der Waals surface area contributed by atoms with Crippen LogP contribution in [0.2, 0.25) is 0 Å². The number of aliphatic hydroxyl groups is 1. The zero-order valence-corrected chi connectivity index (χ0v) is 7.35. The van der Waals surface area contributed by atoms with Crippen molar-refractivity contribution < 1.29 is 10.6 Å². The zero-order chi connectivity index (χ0) is 7.00. The molecular formula is C4H9Cl3O2. The molecule has 0 fully saturated rings. The van der Waals surface area contributed by atoms with Gasteiger partial charge >= 0.3 is 0 Å². The molecule has 0 aliphatic rings. The van der Waals surface area contributed by atoms with Crippen molar-refractivity contribution in [2.45, 2.75) is 23.2 Å². The van der Waals surface area contributed by atoms with Crippen LogP contribution in [0.3, 0.4) is 0 Å². The normalized spacial score (nSPS) is 12.7. The molecule has 0 rings (SSSR count). The summed E-state index contributed by atoms with van der Waals surface area (Å²) >= 11 is 15.9. The summed E-state index contributed by atoms with van der Waals surface area (Å²) in [4.78, 5) is 0. The van der Waals surface area contributed by atoms with Gasteiger partial charge in [-0.2, -0.15) is 0 Å². The minimum absolute atomic E-state index is 0. The highest BCUT2D eigenvalue weighted by molar-refractivity contribution is 6.68. The van der Waals surface area contributed by atoms with Crippen molar-refractivity contribution in [3.05, 3.63) is 0 Å². The molecule has 0 aliphatic heterocycles. The monoisotopic (exact) mass is 194 g/mol. The Morgan fingerprint density at radius 3 is 1.22 bits per heavy atom. The van der Waals surface area contributed by atoms with Crippen molar-refractivity contribution in [1.82, 2.24) is 0 Å². The molecule has 0 atom stereocenters. The van der Waals surface area contributed by atoms with E-state index < -0.39 is 9.39 Å². The van der Waals surface area contributed by atoms with Crippen LogP contribution < -0.4 is 0 Å². The summed E-state index contributed by atoms with van der Waals surface area (Å²) in [5.74, 6) is 0. The SMILES string of the molecule is CC(C)(O)C(Cl)(Cl)Cl.O. The Balaban J connectivity index is 0. The van der Waals surface area contributed by atoms with E-state index in [0.29, 0.717) is 0 Å². The summed E-state index contributed by atoms with van der Waals surface area (Å²) in [6.07, 6.45) is 0. The highest BCUT2D eigenvalue weighted by Crippen LogP contribution is 2.37. The summed E-state index contributed by atoms with van der Waals surface area (Å²) in [7, 11) is 0. The molecule has 0 radical (unpaired) electrons. The first-order valence-corrected chi connectivity index (χ1v) is 3.17. The van der Waals surface area contributed by atoms with Crippen molar-refractivity contribution in [3.63, 3.8) is 0 Å². The Morgan fingerprint density at radius 1 is 1.11 bits per heavy atom. The molecule has 2 nitrogen and oxygen atoms in total. The van der Waals surface area contributed by atoms with Gasteiger partial charge in [-0.1, -0.05) is 34.8 Å². The Kier molecular flexibility index (Phi) is 4.52. The van der Waals surface area contributed by atoms with Gasteiger partial charge in [-0.3, -0.25) is 0 Å². The molecule has 0 bridgehead atoms. The summed E-state index contributed by atoms with van der Waals surface area (Å²) in [6, 6.07) is 0. The predicted octanol–water partition coefficient (Wildman–Crippen LogP) is 1.30. The molecule has 0 unspecified atom stereocenters. The lowest BCUT2D eigenvalue weighted by Crippen LogP contribution is -2.35. The Hall–Kier alpha value is 0.790. The first kappa shape index (κ1) is 12.5. The quantitative estimate of drug-likeness (QED) is 0.582. The topological polar surface area (TPSA) is 51.7 Å². The molecule has 0 amide bonds. The molecule has 0 heterocycles. The molecule has 3 N–H and O–H groups in total. The Morgan fingerprint density at radius 2 is 1.22 bits per heavy atom. The van der Waals surface area contributed by atoms with Gasteiger partial charge in [0.2, 0.25) is 3.79 Å². The van der Waals surface area contributed by atoms with E-state index in [1.54, 1.807) is 0 Å². The summed E-state index contributed by atoms with van der Waals surface area (Å²) in [6.45, 7) is 2.86. The minimum Gasteiger partial charge on any atom is -0.412 e. The second kappa shape index (κ2) is 3.26. The summed E-state index contributed by atoms with van der Waals surface area (Å²) < 4.78 is -1.59. The third-order valence-corrected chi connectivity index (χ3v) is 2.08. The highest BCUT2D eigenvalue weighted by Gasteiger charge is 2.38. The third kappa shape index (κ3) is 4.23. The van der Waals surface area contributed by atoms with Crippen molar-refractivity contribution in [1.29, 1.82) is 0 Å². The fraction of sp³-hybridized carbons (Fsp3) is 1.00. The van der Waals surface area contributed by atoms with Gasteiger partial charge in [-0.15, -0.1) is 0 Å². The van der Waals surface area contributed by atoms with Crippen LogP contribution in [0.4, 0.5) is 0 Å². The third-order valence-electron chi connectivity index (χ3n) is 0.694. The molecule has 0 aromatic carbocycles. The van der Waals surface area contributed by atoms with Crippen molar-refractivity contribution in [2.75, 3.05) is 0 Å². The summed E-state index contributed by atoms with van der Waals surface area (Å²) in [5.41, 5.74) is -1.27. The van der Waals surface area contributed by atoms with Gasteiger partial charge in [0.25, 0.3) is 0 Å². The number of rotatable bonds is 0. The molecule has 0 aliphatic carbocycles. The number of hydrogen-bond acceptors (Lipinski definition) is 1. The minimum atomic E-state index is -1.59. The standard InChI is InChI=1S/C4H7Cl3O.H2O/c1-3(2,8)4(5,6)7;/h8H,1-2H3;1H2. The van der Waals surface area contributed by atoms with E-state index in [4.69, 9.17) is 39.9 Å². The Labute approximate surface area is 69.0 Å². The zero-order valence-electron chi connectivity index (χ0n) is 5.08. The van der Waals surface area contributed by atoms with E-state index in [9.17, 15) is 0 Å². The van der Waals surface area contributed by atoms with E-state index in [1.165, 1.54) is 13.8 Å². The lowest BCUT2D eigenvalue weighted by Gasteiger charge is -2.25. The van der Waals surface area contributed by atoms with Crippen LogP contribution in [0.1, 0.15) is 13.8 Å². The van der Waals surface area contributed by atoms with Gasteiger partial charge in [0.1, 0.15) is 5.60 Å².